The van der Waals surface area contributed by atoms with Gasteiger partial charge in [-0.25, -0.2) is 0 Å². The number of hydrogen-bond acceptors (Lipinski definition) is 6. The number of carbonyl (C=O) groups is 1. The SMILES string of the molecule is CN(C)c1ccc(/C=N/NCC2=NS(=O)(=O)c3ccccc32)cc1C(N)=O. The number of primary amides is 1. The van der Waals surface area contributed by atoms with Gasteiger partial charge in [-0.3, -0.25) is 4.79 Å². The Hall–Kier alpha value is -3.20. The monoisotopic (exact) mass is 385 g/mol. The fraction of sp³-hybridized carbons (Fsp3) is 0.167. The van der Waals surface area contributed by atoms with Crippen molar-refractivity contribution in [3.8, 4) is 0 Å². The van der Waals surface area contributed by atoms with Crippen molar-refractivity contribution in [1.29, 1.82) is 0 Å². The second-order valence-electron chi connectivity index (χ2n) is 6.14. The van der Waals surface area contributed by atoms with Gasteiger partial charge < -0.3 is 16.1 Å². The Bertz CT molecular complexity index is 1060. The van der Waals surface area contributed by atoms with Crippen LogP contribution in [0, 0.1) is 0 Å². The normalized spacial score (nSPS) is 14.7. The molecule has 2 aromatic rings. The molecule has 27 heavy (non-hydrogen) atoms. The number of carbonyl (C=O) groups excluding carboxylic acids is 1. The fourth-order valence-corrected chi connectivity index (χ4v) is 4.03. The van der Waals surface area contributed by atoms with Gasteiger partial charge in [0.05, 0.1) is 28.9 Å². The van der Waals surface area contributed by atoms with Gasteiger partial charge in [0.25, 0.3) is 15.9 Å². The van der Waals surface area contributed by atoms with Crippen LogP contribution in [-0.4, -0.2) is 46.9 Å². The highest BCUT2D eigenvalue weighted by Gasteiger charge is 2.27. The van der Waals surface area contributed by atoms with E-state index in [0.29, 0.717) is 22.4 Å². The molecule has 0 fully saturated rings. The topological polar surface area (TPSA) is 117 Å². The zero-order valence-electron chi connectivity index (χ0n) is 14.9. The van der Waals surface area contributed by atoms with Crippen LogP contribution < -0.4 is 16.1 Å². The van der Waals surface area contributed by atoms with Crippen LogP contribution in [0.15, 0.2) is 56.9 Å². The van der Waals surface area contributed by atoms with Crippen molar-refractivity contribution in [3.05, 3.63) is 59.2 Å². The van der Waals surface area contributed by atoms with Crippen LogP contribution in [0.5, 0.6) is 0 Å². The highest BCUT2D eigenvalue weighted by atomic mass is 32.2. The Labute approximate surface area is 157 Å². The molecule has 1 amide bonds. The van der Waals surface area contributed by atoms with E-state index in [1.807, 2.05) is 14.1 Å². The molecule has 0 radical (unpaired) electrons. The van der Waals surface area contributed by atoms with E-state index in [1.165, 1.54) is 12.3 Å². The molecule has 0 aliphatic carbocycles. The van der Waals surface area contributed by atoms with Gasteiger partial charge in [0.15, 0.2) is 0 Å². The number of amides is 1. The summed E-state index contributed by atoms with van der Waals surface area (Å²) >= 11 is 0. The van der Waals surface area contributed by atoms with Crippen molar-refractivity contribution in [1.82, 2.24) is 5.43 Å². The molecular formula is C18H19N5O3S. The third kappa shape index (κ3) is 3.82. The fourth-order valence-electron chi connectivity index (χ4n) is 2.76. The number of hydrazone groups is 1. The third-order valence-electron chi connectivity index (χ3n) is 4.03. The number of fused-ring (bicyclic) bond motifs is 1. The van der Waals surface area contributed by atoms with E-state index in [1.54, 1.807) is 41.3 Å². The Morgan fingerprint density at radius 1 is 1.26 bits per heavy atom. The summed E-state index contributed by atoms with van der Waals surface area (Å²) in [4.78, 5) is 13.6. The molecule has 3 N–H and O–H groups in total. The van der Waals surface area contributed by atoms with Gasteiger partial charge in [-0.2, -0.15) is 17.9 Å². The molecule has 0 unspecified atom stereocenters. The minimum Gasteiger partial charge on any atom is -0.377 e. The van der Waals surface area contributed by atoms with Gasteiger partial charge in [-0.1, -0.05) is 24.3 Å². The lowest BCUT2D eigenvalue weighted by molar-refractivity contribution is 0.100. The molecule has 9 heteroatoms. The van der Waals surface area contributed by atoms with Crippen molar-refractivity contribution in [2.24, 2.45) is 15.2 Å². The largest absolute Gasteiger partial charge is 0.377 e. The highest BCUT2D eigenvalue weighted by molar-refractivity contribution is 7.90. The number of hydrogen-bond donors (Lipinski definition) is 2. The maximum Gasteiger partial charge on any atom is 0.283 e. The first-order valence-electron chi connectivity index (χ1n) is 8.10. The zero-order chi connectivity index (χ0) is 19.6. The van der Waals surface area contributed by atoms with Crippen molar-refractivity contribution < 1.29 is 13.2 Å². The van der Waals surface area contributed by atoms with Crippen molar-refractivity contribution in [2.45, 2.75) is 4.90 Å². The van der Waals surface area contributed by atoms with E-state index in [-0.39, 0.29) is 11.4 Å². The summed E-state index contributed by atoms with van der Waals surface area (Å²) in [7, 11) is 0.0173. The molecule has 0 aromatic heterocycles. The van der Waals surface area contributed by atoms with Crippen molar-refractivity contribution in [2.75, 3.05) is 25.5 Å². The number of nitrogens with one attached hydrogen (secondary N) is 1. The van der Waals surface area contributed by atoms with Crippen molar-refractivity contribution >= 4 is 33.5 Å². The summed E-state index contributed by atoms with van der Waals surface area (Å²) in [5.74, 6) is -0.524. The van der Waals surface area contributed by atoms with E-state index in [4.69, 9.17) is 5.73 Å². The molecule has 3 rings (SSSR count). The lowest BCUT2D eigenvalue weighted by Crippen LogP contribution is -2.19. The number of anilines is 1. The number of benzene rings is 2. The smallest absolute Gasteiger partial charge is 0.283 e. The Morgan fingerprint density at radius 3 is 2.70 bits per heavy atom. The molecule has 1 heterocycles. The Morgan fingerprint density at radius 2 is 2.00 bits per heavy atom. The van der Waals surface area contributed by atoms with Gasteiger partial charge in [0.2, 0.25) is 0 Å². The minimum absolute atomic E-state index is 0.158. The molecule has 0 spiro atoms. The van der Waals surface area contributed by atoms with Crippen LogP contribution in [0.2, 0.25) is 0 Å². The summed E-state index contributed by atoms with van der Waals surface area (Å²) in [5.41, 5.74) is 11.0. The lowest BCUT2D eigenvalue weighted by atomic mass is 10.1. The molecule has 2 aromatic carbocycles. The molecule has 8 nitrogen and oxygen atoms in total. The zero-order valence-corrected chi connectivity index (χ0v) is 15.7. The average Bonchev–Trinajstić information content (AvgIpc) is 2.89. The first kappa shape index (κ1) is 18.6. The van der Waals surface area contributed by atoms with Crippen LogP contribution >= 0.6 is 0 Å². The molecular weight excluding hydrogens is 366 g/mol. The molecule has 0 bridgehead atoms. The van der Waals surface area contributed by atoms with Crippen LogP contribution in [-0.2, 0) is 10.0 Å². The van der Waals surface area contributed by atoms with Crippen molar-refractivity contribution in [3.63, 3.8) is 0 Å². The maximum absolute atomic E-state index is 12.0. The molecule has 0 saturated heterocycles. The van der Waals surface area contributed by atoms with Crippen LogP contribution in [0.3, 0.4) is 0 Å². The third-order valence-corrected chi connectivity index (χ3v) is 5.40. The van der Waals surface area contributed by atoms with E-state index >= 15 is 0 Å². The first-order valence-corrected chi connectivity index (χ1v) is 9.54. The number of rotatable bonds is 6. The van der Waals surface area contributed by atoms with Crippen LogP contribution in [0.25, 0.3) is 0 Å². The van der Waals surface area contributed by atoms with Gasteiger partial charge >= 0.3 is 0 Å². The highest BCUT2D eigenvalue weighted by Crippen LogP contribution is 2.25. The van der Waals surface area contributed by atoms with Crippen LogP contribution in [0.4, 0.5) is 5.69 Å². The van der Waals surface area contributed by atoms with Gasteiger partial charge in [0, 0.05) is 25.3 Å². The molecule has 0 saturated carbocycles. The number of nitrogens with zero attached hydrogens (tertiary/aromatic N) is 3. The van der Waals surface area contributed by atoms with E-state index < -0.39 is 15.9 Å². The summed E-state index contributed by atoms with van der Waals surface area (Å²) in [5, 5.41) is 4.08. The minimum atomic E-state index is -3.63. The molecule has 1 aliphatic rings. The predicted octanol–water partition coefficient (Wildman–Crippen LogP) is 0.967. The summed E-state index contributed by atoms with van der Waals surface area (Å²) in [6.45, 7) is 0.158. The van der Waals surface area contributed by atoms with E-state index in [9.17, 15) is 13.2 Å². The molecule has 1 aliphatic heterocycles. The number of sulfonamides is 1. The number of nitrogens with two attached hydrogens (primary N) is 1. The second kappa shape index (κ2) is 7.20. The van der Waals surface area contributed by atoms with E-state index in [0.717, 1.165) is 5.69 Å². The van der Waals surface area contributed by atoms with Gasteiger partial charge in [-0.15, -0.1) is 0 Å². The Balaban J connectivity index is 1.73. The quantitative estimate of drug-likeness (QED) is 0.567. The van der Waals surface area contributed by atoms with E-state index in [2.05, 4.69) is 14.9 Å². The van der Waals surface area contributed by atoms with Gasteiger partial charge in [0.1, 0.15) is 0 Å². The standard InChI is InChI=1S/C18H19N5O3S/c1-23(2)16-8-7-12(9-14(16)18(19)24)10-20-21-11-15-13-5-3-4-6-17(13)27(25,26)22-15/h3-10,21H,11H2,1-2H3,(H2,19,24)/b20-10+. The molecule has 140 valence electrons. The Kier molecular flexibility index (Phi) is 4.95. The molecule has 0 atom stereocenters. The summed E-state index contributed by atoms with van der Waals surface area (Å²) < 4.78 is 27.8. The summed E-state index contributed by atoms with van der Waals surface area (Å²) in [6.07, 6.45) is 1.53. The summed E-state index contributed by atoms with van der Waals surface area (Å²) in [6, 6.07) is 11.9. The average molecular weight is 385 g/mol. The van der Waals surface area contributed by atoms with Gasteiger partial charge in [-0.05, 0) is 23.8 Å². The van der Waals surface area contributed by atoms with Crippen LogP contribution in [0.1, 0.15) is 21.5 Å². The second-order valence-corrected chi connectivity index (χ2v) is 7.71. The maximum atomic E-state index is 12.0. The first-order chi connectivity index (χ1) is 12.8. The predicted molar refractivity (Wildman–Crippen MR) is 105 cm³/mol. The lowest BCUT2D eigenvalue weighted by Gasteiger charge is -2.16.